The fourth-order valence-corrected chi connectivity index (χ4v) is 2.04. The Morgan fingerprint density at radius 2 is 2.27 bits per heavy atom. The summed E-state index contributed by atoms with van der Waals surface area (Å²) in [6, 6.07) is 0. The Morgan fingerprint density at radius 1 is 1.53 bits per heavy atom. The van der Waals surface area contributed by atoms with Gasteiger partial charge in [0.1, 0.15) is 0 Å². The van der Waals surface area contributed by atoms with E-state index in [0.717, 1.165) is 24.0 Å². The molecule has 3 N–H and O–H groups in total. The first-order valence-corrected chi connectivity index (χ1v) is 5.76. The first kappa shape index (κ1) is 12.1. The maximum absolute atomic E-state index is 5.73. The molecule has 0 aromatic heterocycles. The molecule has 1 aliphatic carbocycles. The monoisotopic (exact) mass is 209 g/mol. The summed E-state index contributed by atoms with van der Waals surface area (Å²) in [7, 11) is 0. The van der Waals surface area contributed by atoms with Gasteiger partial charge in [0.15, 0.2) is 5.96 Å². The summed E-state index contributed by atoms with van der Waals surface area (Å²) in [6.45, 7) is 9.65. The van der Waals surface area contributed by atoms with Crippen LogP contribution in [0.5, 0.6) is 0 Å². The van der Waals surface area contributed by atoms with E-state index in [0.29, 0.717) is 12.5 Å². The molecule has 1 saturated carbocycles. The molecule has 0 aliphatic heterocycles. The Kier molecular flexibility index (Phi) is 4.66. The summed E-state index contributed by atoms with van der Waals surface area (Å²) in [5, 5.41) is 3.19. The molecule has 0 bridgehead atoms. The minimum Gasteiger partial charge on any atom is -0.370 e. The Morgan fingerprint density at radius 3 is 2.80 bits per heavy atom. The molecule has 3 heteroatoms. The Hall–Kier alpha value is -0.990. The maximum atomic E-state index is 5.73. The third-order valence-corrected chi connectivity index (χ3v) is 2.89. The van der Waals surface area contributed by atoms with Crippen LogP contribution >= 0.6 is 0 Å². The molecule has 3 nitrogen and oxygen atoms in total. The second kappa shape index (κ2) is 5.79. The van der Waals surface area contributed by atoms with E-state index in [2.05, 4.69) is 23.8 Å². The van der Waals surface area contributed by atoms with Gasteiger partial charge in [0, 0.05) is 6.54 Å². The van der Waals surface area contributed by atoms with Crippen molar-refractivity contribution < 1.29 is 0 Å². The fourth-order valence-electron chi connectivity index (χ4n) is 2.04. The second-order valence-corrected chi connectivity index (χ2v) is 4.82. The van der Waals surface area contributed by atoms with E-state index in [9.17, 15) is 0 Å². The van der Waals surface area contributed by atoms with Gasteiger partial charge in [0.2, 0.25) is 0 Å². The van der Waals surface area contributed by atoms with Gasteiger partial charge in [-0.15, -0.1) is 0 Å². The van der Waals surface area contributed by atoms with Gasteiger partial charge >= 0.3 is 0 Å². The first-order chi connectivity index (χ1) is 7.08. The Balaban J connectivity index is 2.19. The molecule has 0 aromatic rings. The molecule has 0 amide bonds. The van der Waals surface area contributed by atoms with E-state index in [1.165, 1.54) is 19.3 Å². The zero-order valence-corrected chi connectivity index (χ0v) is 9.92. The average molecular weight is 209 g/mol. The third-order valence-electron chi connectivity index (χ3n) is 2.89. The van der Waals surface area contributed by atoms with E-state index < -0.39 is 0 Å². The van der Waals surface area contributed by atoms with Crippen LogP contribution in [-0.4, -0.2) is 19.0 Å². The average Bonchev–Trinajstić information content (AvgIpc) is 2.58. The van der Waals surface area contributed by atoms with E-state index in [4.69, 9.17) is 5.73 Å². The van der Waals surface area contributed by atoms with Crippen LogP contribution in [0.2, 0.25) is 0 Å². The highest BCUT2D eigenvalue weighted by Gasteiger charge is 2.20. The van der Waals surface area contributed by atoms with E-state index in [1.807, 2.05) is 6.92 Å². The molecule has 0 radical (unpaired) electrons. The molecule has 1 rings (SSSR count). The van der Waals surface area contributed by atoms with Crippen molar-refractivity contribution >= 4 is 5.96 Å². The number of nitrogens with zero attached hydrogens (tertiary/aromatic N) is 1. The largest absolute Gasteiger partial charge is 0.370 e. The van der Waals surface area contributed by atoms with Crippen molar-refractivity contribution in [2.75, 3.05) is 13.1 Å². The van der Waals surface area contributed by atoms with Gasteiger partial charge < -0.3 is 11.1 Å². The predicted molar refractivity (Wildman–Crippen MR) is 65.8 cm³/mol. The second-order valence-electron chi connectivity index (χ2n) is 4.82. The summed E-state index contributed by atoms with van der Waals surface area (Å²) >= 11 is 0. The molecular weight excluding hydrogens is 186 g/mol. The number of hydrogen-bond acceptors (Lipinski definition) is 1. The van der Waals surface area contributed by atoms with Gasteiger partial charge in [-0.2, -0.15) is 0 Å². The normalized spacial score (nSPS) is 26.7. The number of nitrogens with two attached hydrogens (primary N) is 1. The lowest BCUT2D eigenvalue weighted by molar-refractivity contribution is 0.505. The standard InChI is InChI=1S/C12H23N3/c1-9(2)7-14-12(13)15-8-11-5-4-10(3)6-11/h10-11H,1,4-8H2,2-3H3,(H3,13,14,15). The molecule has 0 heterocycles. The lowest BCUT2D eigenvalue weighted by atomic mass is 10.1. The first-order valence-electron chi connectivity index (χ1n) is 5.76. The topological polar surface area (TPSA) is 50.4 Å². The molecule has 1 fully saturated rings. The number of rotatable bonds is 4. The van der Waals surface area contributed by atoms with Crippen LogP contribution in [0, 0.1) is 11.8 Å². The third kappa shape index (κ3) is 4.86. The highest BCUT2D eigenvalue weighted by Crippen LogP contribution is 2.29. The molecule has 1 aliphatic rings. The molecular formula is C12H23N3. The number of guanidine groups is 1. The maximum Gasteiger partial charge on any atom is 0.188 e. The van der Waals surface area contributed by atoms with E-state index >= 15 is 0 Å². The summed E-state index contributed by atoms with van der Waals surface area (Å²) in [5.74, 6) is 2.21. The van der Waals surface area contributed by atoms with Crippen LogP contribution in [0.4, 0.5) is 0 Å². The minimum atomic E-state index is 0.553. The van der Waals surface area contributed by atoms with Gasteiger partial charge in [-0.05, 0) is 31.6 Å². The van der Waals surface area contributed by atoms with Gasteiger partial charge in [-0.25, -0.2) is 4.99 Å². The molecule has 0 saturated heterocycles. The van der Waals surface area contributed by atoms with E-state index in [-0.39, 0.29) is 0 Å². The van der Waals surface area contributed by atoms with Crippen molar-refractivity contribution in [1.82, 2.24) is 5.32 Å². The van der Waals surface area contributed by atoms with Crippen molar-refractivity contribution in [3.05, 3.63) is 12.2 Å². The van der Waals surface area contributed by atoms with Crippen molar-refractivity contribution in [2.24, 2.45) is 22.6 Å². The van der Waals surface area contributed by atoms with Gasteiger partial charge in [0.05, 0.1) is 6.54 Å². The van der Waals surface area contributed by atoms with Crippen molar-refractivity contribution in [3.63, 3.8) is 0 Å². The number of aliphatic imine (C=N–C) groups is 1. The molecule has 0 aromatic carbocycles. The van der Waals surface area contributed by atoms with Crippen LogP contribution in [0.25, 0.3) is 0 Å². The van der Waals surface area contributed by atoms with Crippen LogP contribution in [0.15, 0.2) is 17.1 Å². The van der Waals surface area contributed by atoms with Crippen molar-refractivity contribution in [1.29, 1.82) is 0 Å². The van der Waals surface area contributed by atoms with Gasteiger partial charge in [-0.1, -0.05) is 25.5 Å². The van der Waals surface area contributed by atoms with Gasteiger partial charge in [0.25, 0.3) is 0 Å². The summed E-state index contributed by atoms with van der Waals surface area (Å²) in [4.78, 5) is 4.19. The van der Waals surface area contributed by atoms with E-state index in [1.54, 1.807) is 0 Å². The zero-order chi connectivity index (χ0) is 11.3. The van der Waals surface area contributed by atoms with Crippen molar-refractivity contribution in [3.8, 4) is 0 Å². The lowest BCUT2D eigenvalue weighted by Crippen LogP contribution is -2.35. The van der Waals surface area contributed by atoms with Crippen molar-refractivity contribution in [2.45, 2.75) is 33.1 Å². The smallest absolute Gasteiger partial charge is 0.188 e. The molecule has 15 heavy (non-hydrogen) atoms. The molecule has 0 spiro atoms. The predicted octanol–water partition coefficient (Wildman–Crippen LogP) is 1.90. The molecule has 86 valence electrons. The van der Waals surface area contributed by atoms with Crippen LogP contribution in [0.1, 0.15) is 33.1 Å². The Bertz CT molecular complexity index is 245. The lowest BCUT2D eigenvalue weighted by Gasteiger charge is -2.11. The highest BCUT2D eigenvalue weighted by molar-refractivity contribution is 5.77. The number of hydrogen-bond donors (Lipinski definition) is 2. The number of nitrogens with one attached hydrogen (secondary N) is 1. The van der Waals surface area contributed by atoms with Gasteiger partial charge in [-0.3, -0.25) is 0 Å². The molecule has 2 atom stereocenters. The van der Waals surface area contributed by atoms with Crippen LogP contribution < -0.4 is 11.1 Å². The zero-order valence-electron chi connectivity index (χ0n) is 9.92. The van der Waals surface area contributed by atoms with Crippen LogP contribution in [-0.2, 0) is 0 Å². The molecule has 2 unspecified atom stereocenters. The minimum absolute atomic E-state index is 0.553. The SMILES string of the molecule is C=C(C)CN=C(N)NCC1CCC(C)C1. The highest BCUT2D eigenvalue weighted by atomic mass is 15.1. The fraction of sp³-hybridized carbons (Fsp3) is 0.750. The summed E-state index contributed by atoms with van der Waals surface area (Å²) in [6.07, 6.45) is 4.00. The van der Waals surface area contributed by atoms with Crippen LogP contribution in [0.3, 0.4) is 0 Å². The Labute approximate surface area is 92.8 Å². The quantitative estimate of drug-likeness (QED) is 0.422. The summed E-state index contributed by atoms with van der Waals surface area (Å²) < 4.78 is 0. The summed E-state index contributed by atoms with van der Waals surface area (Å²) in [5.41, 5.74) is 6.77.